The lowest BCUT2D eigenvalue weighted by Gasteiger charge is -2.11. The summed E-state index contributed by atoms with van der Waals surface area (Å²) in [5.41, 5.74) is 8.81. The van der Waals surface area contributed by atoms with E-state index in [-0.39, 0.29) is 17.8 Å². The highest BCUT2D eigenvalue weighted by Crippen LogP contribution is 2.24. The summed E-state index contributed by atoms with van der Waals surface area (Å²) in [6.45, 7) is 0.300. The van der Waals surface area contributed by atoms with Gasteiger partial charge in [0.05, 0.1) is 12.6 Å². The van der Waals surface area contributed by atoms with Crippen LogP contribution in [0.1, 0.15) is 41.5 Å². The second kappa shape index (κ2) is 6.85. The monoisotopic (exact) mass is 341 g/mol. The summed E-state index contributed by atoms with van der Waals surface area (Å²) in [5.74, 6) is 0.218. The summed E-state index contributed by atoms with van der Waals surface area (Å²) in [6, 6.07) is 5.95. The van der Waals surface area contributed by atoms with Crippen LogP contribution in [0.3, 0.4) is 0 Å². The number of carbonyl (C=O) groups is 1. The van der Waals surface area contributed by atoms with Crippen molar-refractivity contribution in [1.82, 2.24) is 26.1 Å². The maximum atomic E-state index is 13.9. The molecular formula is C18H20FN5O. The average molecular weight is 341 g/mol. The van der Waals surface area contributed by atoms with Gasteiger partial charge in [-0.05, 0) is 37.3 Å². The molecule has 1 aliphatic heterocycles. The maximum absolute atomic E-state index is 13.9. The van der Waals surface area contributed by atoms with Gasteiger partial charge in [-0.2, -0.15) is 0 Å². The van der Waals surface area contributed by atoms with Crippen LogP contribution in [0.4, 0.5) is 4.39 Å². The summed E-state index contributed by atoms with van der Waals surface area (Å²) in [6.07, 6.45) is 5.49. The van der Waals surface area contributed by atoms with Gasteiger partial charge in [0, 0.05) is 17.5 Å². The number of nitrogens with zero attached hydrogens (tertiary/aromatic N) is 2. The number of aromatic nitrogens is 2. The molecule has 0 saturated carbocycles. The van der Waals surface area contributed by atoms with Crippen molar-refractivity contribution in [3.8, 4) is 0 Å². The first-order chi connectivity index (χ1) is 12.2. The van der Waals surface area contributed by atoms with Crippen LogP contribution in [0.2, 0.25) is 0 Å². The van der Waals surface area contributed by atoms with Crippen LogP contribution in [0.25, 0.3) is 0 Å². The molecule has 2 aromatic rings. The van der Waals surface area contributed by atoms with E-state index in [2.05, 4.69) is 26.1 Å². The summed E-state index contributed by atoms with van der Waals surface area (Å²) < 4.78 is 13.9. The normalized spacial score (nSPS) is 22.0. The Bertz CT molecular complexity index is 797. The lowest BCUT2D eigenvalue weighted by atomic mass is 10.0. The number of nitrogens with one attached hydrogen (secondary N) is 3. The quantitative estimate of drug-likeness (QED) is 0.782. The first-order valence-corrected chi connectivity index (χ1v) is 8.57. The van der Waals surface area contributed by atoms with Crippen molar-refractivity contribution >= 4 is 5.91 Å². The van der Waals surface area contributed by atoms with Crippen molar-refractivity contribution in [1.29, 1.82) is 0 Å². The number of hydrazine groups is 1. The Balaban J connectivity index is 1.34. The van der Waals surface area contributed by atoms with E-state index in [4.69, 9.17) is 0 Å². The zero-order chi connectivity index (χ0) is 17.2. The van der Waals surface area contributed by atoms with Crippen LogP contribution in [0.5, 0.6) is 0 Å². The van der Waals surface area contributed by atoms with Crippen molar-refractivity contribution in [3.63, 3.8) is 0 Å². The fourth-order valence-electron chi connectivity index (χ4n) is 3.42. The van der Waals surface area contributed by atoms with Crippen LogP contribution in [0, 0.1) is 5.82 Å². The molecule has 0 radical (unpaired) electrons. The minimum atomic E-state index is -0.418. The van der Waals surface area contributed by atoms with E-state index in [1.807, 2.05) is 6.20 Å². The molecule has 2 unspecified atom stereocenters. The standard InChI is InChI=1S/C18H20FN5O/c19-13-6-2-1-5-12(13)15-8-16(24-23-15)18(25)21-10-17-20-9-11-4-3-7-14(11)22-17/h1-2,5-6,9,15-16,23-24H,3-4,7-8,10H2,(H,21,25). The molecule has 130 valence electrons. The molecule has 0 spiro atoms. The van der Waals surface area contributed by atoms with E-state index >= 15 is 0 Å². The van der Waals surface area contributed by atoms with Crippen molar-refractivity contribution in [3.05, 3.63) is 58.9 Å². The largest absolute Gasteiger partial charge is 0.347 e. The lowest BCUT2D eigenvalue weighted by molar-refractivity contribution is -0.123. The first kappa shape index (κ1) is 16.1. The molecule has 2 atom stereocenters. The molecule has 2 heterocycles. The van der Waals surface area contributed by atoms with Crippen molar-refractivity contribution in [2.45, 2.75) is 44.3 Å². The maximum Gasteiger partial charge on any atom is 0.238 e. The fraction of sp³-hybridized carbons (Fsp3) is 0.389. The average Bonchev–Trinajstić information content (AvgIpc) is 3.29. The zero-order valence-electron chi connectivity index (χ0n) is 13.8. The van der Waals surface area contributed by atoms with E-state index in [9.17, 15) is 9.18 Å². The number of carbonyl (C=O) groups excluding carboxylic acids is 1. The molecule has 0 bridgehead atoms. The SMILES string of the molecule is O=C(NCc1ncc2c(n1)CCC2)C1CC(c2ccccc2F)NN1. The molecule has 1 aromatic carbocycles. The second-order valence-corrected chi connectivity index (χ2v) is 6.48. The van der Waals surface area contributed by atoms with Gasteiger partial charge in [0.1, 0.15) is 17.7 Å². The van der Waals surface area contributed by atoms with Gasteiger partial charge in [0.2, 0.25) is 5.91 Å². The van der Waals surface area contributed by atoms with Crippen LogP contribution in [0.15, 0.2) is 30.5 Å². The fourth-order valence-corrected chi connectivity index (χ4v) is 3.42. The lowest BCUT2D eigenvalue weighted by Crippen LogP contribution is -2.43. The van der Waals surface area contributed by atoms with Gasteiger partial charge in [-0.3, -0.25) is 4.79 Å². The molecular weight excluding hydrogens is 321 g/mol. The van der Waals surface area contributed by atoms with Crippen molar-refractivity contribution < 1.29 is 9.18 Å². The third-order valence-corrected chi connectivity index (χ3v) is 4.78. The number of hydrogen-bond acceptors (Lipinski definition) is 5. The van der Waals surface area contributed by atoms with E-state index in [1.165, 1.54) is 11.6 Å². The molecule has 6 nitrogen and oxygen atoms in total. The van der Waals surface area contributed by atoms with Gasteiger partial charge in [-0.25, -0.2) is 25.2 Å². The number of benzene rings is 1. The number of halogens is 1. The van der Waals surface area contributed by atoms with Gasteiger partial charge in [0.25, 0.3) is 0 Å². The minimum Gasteiger partial charge on any atom is -0.347 e. The van der Waals surface area contributed by atoms with Crippen LogP contribution >= 0.6 is 0 Å². The van der Waals surface area contributed by atoms with Crippen LogP contribution in [-0.4, -0.2) is 21.9 Å². The molecule has 25 heavy (non-hydrogen) atoms. The Hall–Kier alpha value is -2.38. The Kier molecular flexibility index (Phi) is 4.42. The third kappa shape index (κ3) is 3.38. The Morgan fingerprint density at radius 1 is 1.28 bits per heavy atom. The molecule has 1 amide bonds. The number of fused-ring (bicyclic) bond motifs is 1. The molecule has 7 heteroatoms. The highest BCUT2D eigenvalue weighted by molar-refractivity contribution is 5.82. The van der Waals surface area contributed by atoms with Crippen molar-refractivity contribution in [2.24, 2.45) is 0 Å². The predicted octanol–water partition coefficient (Wildman–Crippen LogP) is 1.33. The highest BCUT2D eigenvalue weighted by Gasteiger charge is 2.31. The minimum absolute atomic E-state index is 0.143. The third-order valence-electron chi connectivity index (χ3n) is 4.78. The Morgan fingerprint density at radius 3 is 3.04 bits per heavy atom. The van der Waals surface area contributed by atoms with Gasteiger partial charge in [-0.15, -0.1) is 0 Å². The number of aryl methyl sites for hydroxylation is 2. The van der Waals surface area contributed by atoms with Crippen molar-refractivity contribution in [2.75, 3.05) is 0 Å². The topological polar surface area (TPSA) is 78.9 Å². The van der Waals surface area contributed by atoms with Gasteiger partial charge >= 0.3 is 0 Å². The summed E-state index contributed by atoms with van der Waals surface area (Å²) in [4.78, 5) is 21.2. The van der Waals surface area contributed by atoms with E-state index < -0.39 is 6.04 Å². The smallest absolute Gasteiger partial charge is 0.238 e. The molecule has 1 aromatic heterocycles. The van der Waals surface area contributed by atoms with Gasteiger partial charge in [0.15, 0.2) is 0 Å². The van der Waals surface area contributed by atoms with E-state index in [0.29, 0.717) is 24.4 Å². The number of rotatable bonds is 4. The molecule has 1 saturated heterocycles. The molecule has 3 N–H and O–H groups in total. The number of hydrogen-bond donors (Lipinski definition) is 3. The van der Waals surface area contributed by atoms with E-state index in [0.717, 1.165) is 25.0 Å². The molecule has 2 aliphatic rings. The summed E-state index contributed by atoms with van der Waals surface area (Å²) in [7, 11) is 0. The van der Waals surface area contributed by atoms with Gasteiger partial charge in [-0.1, -0.05) is 18.2 Å². The van der Waals surface area contributed by atoms with Crippen LogP contribution in [-0.2, 0) is 24.2 Å². The predicted molar refractivity (Wildman–Crippen MR) is 89.7 cm³/mol. The summed E-state index contributed by atoms with van der Waals surface area (Å²) >= 11 is 0. The zero-order valence-corrected chi connectivity index (χ0v) is 13.8. The first-order valence-electron chi connectivity index (χ1n) is 8.57. The molecule has 1 fully saturated rings. The number of amides is 1. The second-order valence-electron chi connectivity index (χ2n) is 6.48. The highest BCUT2D eigenvalue weighted by atomic mass is 19.1. The Labute approximate surface area is 145 Å². The molecule has 4 rings (SSSR count). The van der Waals surface area contributed by atoms with Crippen LogP contribution < -0.4 is 16.2 Å². The summed E-state index contributed by atoms with van der Waals surface area (Å²) in [5, 5.41) is 2.86. The molecule has 1 aliphatic carbocycles. The Morgan fingerprint density at radius 2 is 2.16 bits per heavy atom. The van der Waals surface area contributed by atoms with E-state index in [1.54, 1.807) is 18.2 Å². The van der Waals surface area contributed by atoms with Gasteiger partial charge < -0.3 is 5.32 Å².